The summed E-state index contributed by atoms with van der Waals surface area (Å²) in [5.41, 5.74) is 33.1. The van der Waals surface area contributed by atoms with Crippen molar-refractivity contribution in [2.24, 2.45) is 0 Å². The number of hydrogen-bond acceptors (Lipinski definition) is 11. The normalized spacial score (nSPS) is 11.5. The van der Waals surface area contributed by atoms with Crippen LogP contribution in [0.3, 0.4) is 0 Å². The number of benzene rings is 14. The van der Waals surface area contributed by atoms with E-state index in [9.17, 15) is 10.2 Å². The van der Waals surface area contributed by atoms with Crippen molar-refractivity contribution in [3.05, 3.63) is 402 Å². The SMILES string of the molecule is COc1ccc2c3cc(C)c(C)cc3n3ccnc3c2c1.Cc1cc(Br)c(Br)cc1C.Cc1cc2c3ccc(Br)cc3c3nccn3c2cc1C.Cc1cc2c3ccc(O)cc3c3nccn3c2cc1C.Cc1cc2c3ccc(O)cc3c3nccn3c2cc1C.Cc1cc2c3ccc(Oc4ccc5c6cc(C)c(C)cc6n6ccnc6c5c4)cc3c3nccn3c2cc1C.Cc1cccc(-c2ncc[nH]2)c1. The Morgan fingerprint density at radius 3 is 0.810 bits per heavy atom. The van der Waals surface area contributed by atoms with Gasteiger partial charge in [0.05, 0.1) is 40.2 Å². The monoisotopic (exact) mass is 2050 g/mol. The van der Waals surface area contributed by atoms with Crippen LogP contribution in [0.5, 0.6) is 28.7 Å². The zero-order valence-corrected chi connectivity index (χ0v) is 86.3. The highest BCUT2D eigenvalue weighted by molar-refractivity contribution is 9.13. The second kappa shape index (κ2) is 37.4. The first-order valence-electron chi connectivity index (χ1n) is 47.1. The van der Waals surface area contributed by atoms with E-state index in [4.69, 9.17) is 19.4 Å². The predicted molar refractivity (Wildman–Crippen MR) is 596 cm³/mol. The maximum atomic E-state index is 9.76. The number of rotatable bonds is 4. The van der Waals surface area contributed by atoms with Crippen LogP contribution in [0.1, 0.15) is 83.5 Å². The minimum absolute atomic E-state index is 0.269. The fraction of sp³-hybridized carbons (Fsp3) is 0.132. The predicted octanol–water partition coefficient (Wildman–Crippen LogP) is 32.0. The molecule has 27 aromatic rings. The van der Waals surface area contributed by atoms with E-state index in [1.807, 2.05) is 98.5 Å². The van der Waals surface area contributed by atoms with Gasteiger partial charge in [-0.1, -0.05) is 45.8 Å². The Kier molecular flexibility index (Phi) is 24.4. The third-order valence-corrected chi connectivity index (χ3v) is 30.4. The van der Waals surface area contributed by atoms with E-state index in [0.717, 1.165) is 125 Å². The first-order valence-corrected chi connectivity index (χ1v) is 49.5. The molecular weight excluding hydrogens is 1950 g/mol. The van der Waals surface area contributed by atoms with E-state index in [2.05, 4.69) is 372 Å². The van der Waals surface area contributed by atoms with Crippen LogP contribution in [0.2, 0.25) is 0 Å². The largest absolute Gasteiger partial charge is 0.508 e. The van der Waals surface area contributed by atoms with Crippen LogP contribution in [-0.2, 0) is 0 Å². The minimum Gasteiger partial charge on any atom is -0.508 e. The Morgan fingerprint density at radius 1 is 0.246 bits per heavy atom. The Labute approximate surface area is 844 Å². The molecule has 0 spiro atoms. The molecule has 0 atom stereocenters. The highest BCUT2D eigenvalue weighted by atomic mass is 79.9. The number of methoxy groups -OCH3 is 1. The van der Waals surface area contributed by atoms with E-state index in [0.29, 0.717) is 0 Å². The van der Waals surface area contributed by atoms with E-state index in [1.165, 1.54) is 165 Å². The summed E-state index contributed by atoms with van der Waals surface area (Å²) in [6.45, 7) is 32.0. The molecule has 0 aliphatic carbocycles. The summed E-state index contributed by atoms with van der Waals surface area (Å²) in [6, 6.07) is 75.6. The van der Waals surface area contributed by atoms with Crippen LogP contribution in [-0.4, -0.2) is 83.6 Å². The fourth-order valence-electron chi connectivity index (χ4n) is 19.5. The lowest BCUT2D eigenvalue weighted by atomic mass is 10.0. The number of pyridine rings is 6. The van der Waals surface area contributed by atoms with E-state index in [1.54, 1.807) is 50.0 Å². The van der Waals surface area contributed by atoms with Gasteiger partial charge in [-0.3, -0.25) is 26.4 Å². The Morgan fingerprint density at radius 2 is 0.514 bits per heavy atom. The molecule has 14 aromatic carbocycles. The Bertz CT molecular complexity index is 9210. The highest BCUT2D eigenvalue weighted by Gasteiger charge is 2.21. The molecule has 0 bridgehead atoms. The number of phenols is 2. The summed E-state index contributed by atoms with van der Waals surface area (Å²) in [5, 5.41) is 40.3. The molecule has 18 nitrogen and oxygen atoms in total. The molecule has 0 amide bonds. The van der Waals surface area contributed by atoms with Gasteiger partial charge in [0.25, 0.3) is 0 Å². The van der Waals surface area contributed by atoms with Gasteiger partial charge in [-0.25, -0.2) is 34.9 Å². The van der Waals surface area contributed by atoms with Crippen molar-refractivity contribution in [2.45, 2.75) is 104 Å². The average Bonchev–Trinajstić information content (AvgIpc) is 1.73. The molecule has 0 radical (unpaired) electrons. The smallest absolute Gasteiger partial charge is 0.145 e. The zero-order chi connectivity index (χ0) is 98.6. The van der Waals surface area contributed by atoms with Gasteiger partial charge < -0.3 is 24.7 Å². The maximum Gasteiger partial charge on any atom is 0.145 e. The molecule has 0 unspecified atom stereocenters. The van der Waals surface area contributed by atoms with Crippen molar-refractivity contribution in [3.8, 4) is 40.1 Å². The van der Waals surface area contributed by atoms with Crippen molar-refractivity contribution in [1.82, 2.24) is 66.3 Å². The summed E-state index contributed by atoms with van der Waals surface area (Å²) >= 11 is 10.4. The van der Waals surface area contributed by atoms with E-state index in [-0.39, 0.29) is 11.5 Å². The molecule has 0 aliphatic rings. The number of aromatic hydroxyl groups is 2. The van der Waals surface area contributed by atoms with Crippen LogP contribution in [0.4, 0.5) is 0 Å². The lowest BCUT2D eigenvalue weighted by molar-refractivity contribution is 0.415. The molecule has 0 fully saturated rings. The Balaban J connectivity index is 0.000000102. The van der Waals surface area contributed by atoms with Gasteiger partial charge in [-0.15, -0.1) is 0 Å². The minimum atomic E-state index is 0.269. The average molecular weight is 2050 g/mol. The number of aryl methyl sites for hydroxylation is 15. The van der Waals surface area contributed by atoms with Gasteiger partial charge in [-0.05, 0) is 440 Å². The highest BCUT2D eigenvalue weighted by Crippen LogP contribution is 2.43. The number of imidazole rings is 7. The molecule has 21 heteroatoms. The lowest BCUT2D eigenvalue weighted by Gasteiger charge is -2.14. The van der Waals surface area contributed by atoms with Crippen molar-refractivity contribution in [1.29, 1.82) is 0 Å². The number of fused-ring (bicyclic) bond motifs is 36. The van der Waals surface area contributed by atoms with Gasteiger partial charge in [-0.2, -0.15) is 0 Å². The maximum absolute atomic E-state index is 9.76. The first kappa shape index (κ1) is 92.5. The summed E-state index contributed by atoms with van der Waals surface area (Å²) < 4.78 is 28.0. The summed E-state index contributed by atoms with van der Waals surface area (Å²) in [6.07, 6.45) is 26.7. The van der Waals surface area contributed by atoms with Gasteiger partial charge in [0.2, 0.25) is 0 Å². The molecule has 3 N–H and O–H groups in total. The summed E-state index contributed by atoms with van der Waals surface area (Å²) in [5.74, 6) is 3.88. The standard InChI is InChI=1S/C34H26N4O.C18H16N2O.C17H13BrN2.2C17H14N2O.C10H10N2.C8H8Br2/c1-19-13-27-25-7-5-23(17-29(25)33-35-9-11-37(33)31(27)15-21(19)3)39-24-6-8-26-28-14-20(2)22(4)16-32(28)38-12-10-36-34(38)30(26)18-24;1-11-8-15-14-5-4-13(21-3)10-16(14)18-19-6-7-20(18)17(15)9-12(11)2;1-10-7-14-13-4-3-12(18)9-15(13)17-19-5-6-20(17)16(14)8-11(10)2;2*1-10-7-14-13-4-3-12(20)9-15(13)17-18-5-6-19(17)16(14)8-11(10)2;1-8-3-2-4-9(7-8)10-11-5-6-12-10;1-5-3-7(9)8(10)4-6(5)2/h5-18H,1-4H3;4-10H,1-3H3;3-9H,1-2H3;2*3-9,20H,1-2H3;2-7H,1H3,(H,11,12);3-4H,1-2H3. The van der Waals surface area contributed by atoms with Gasteiger partial charge >= 0.3 is 0 Å². The number of ether oxygens (including phenoxy) is 2. The third kappa shape index (κ3) is 17.0. The van der Waals surface area contributed by atoms with E-state index >= 15 is 0 Å². The molecule has 142 heavy (non-hydrogen) atoms. The number of halogens is 3. The van der Waals surface area contributed by atoms with Crippen molar-refractivity contribution < 1.29 is 19.7 Å². The zero-order valence-electron chi connectivity index (χ0n) is 81.5. The third-order valence-electron chi connectivity index (χ3n) is 28.0. The number of hydrogen-bond donors (Lipinski definition) is 3. The molecule has 27 rings (SSSR count). The molecule has 13 aromatic heterocycles. The quantitative estimate of drug-likeness (QED) is 0.142. The molecule has 700 valence electrons. The van der Waals surface area contributed by atoms with Crippen LogP contribution < -0.4 is 9.47 Å². The number of aromatic nitrogens is 14. The number of nitrogens with zero attached hydrogens (tertiary/aromatic N) is 13. The fourth-order valence-corrected chi connectivity index (χ4v) is 20.8. The van der Waals surface area contributed by atoms with Crippen molar-refractivity contribution in [2.75, 3.05) is 7.11 Å². The van der Waals surface area contributed by atoms with Crippen molar-refractivity contribution in [3.63, 3.8) is 0 Å². The van der Waals surface area contributed by atoms with Crippen molar-refractivity contribution >= 4 is 212 Å². The lowest BCUT2D eigenvalue weighted by Crippen LogP contribution is -1.94. The topological polar surface area (TPSA) is 191 Å². The summed E-state index contributed by atoms with van der Waals surface area (Å²) in [4.78, 5) is 34.6. The van der Waals surface area contributed by atoms with Crippen LogP contribution >= 0.6 is 47.8 Å². The van der Waals surface area contributed by atoms with E-state index < -0.39 is 0 Å². The number of phenolic OH excluding ortho intramolecular Hbond substituents is 2. The van der Waals surface area contributed by atoms with Crippen LogP contribution in [0.15, 0.2) is 319 Å². The Hall–Kier alpha value is -15.8. The second-order valence-electron chi connectivity index (χ2n) is 37.2. The summed E-state index contributed by atoms with van der Waals surface area (Å²) in [7, 11) is 1.69. The van der Waals surface area contributed by atoms with Gasteiger partial charge in [0.1, 0.15) is 68.5 Å². The number of aromatic amines is 1. The van der Waals surface area contributed by atoms with Gasteiger partial charge in [0.15, 0.2) is 0 Å². The first-order chi connectivity index (χ1) is 68.6. The van der Waals surface area contributed by atoms with Crippen LogP contribution in [0.25, 0.3) is 175 Å². The molecule has 13 heterocycles. The van der Waals surface area contributed by atoms with Crippen LogP contribution in [0, 0.1) is 104 Å². The molecular formula is C121H101Br3N14O4. The molecule has 0 saturated heterocycles. The van der Waals surface area contributed by atoms with Gasteiger partial charge in [0, 0.05) is 170 Å². The number of H-pyrrole nitrogens is 1. The molecule has 0 saturated carbocycles. The number of nitrogens with one attached hydrogen (secondary N) is 1. The molecule has 0 aliphatic heterocycles. The second-order valence-corrected chi connectivity index (χ2v) is 39.8.